The summed E-state index contributed by atoms with van der Waals surface area (Å²) in [6.07, 6.45) is 3.41. The summed E-state index contributed by atoms with van der Waals surface area (Å²) in [6.45, 7) is 9.27. The van der Waals surface area contributed by atoms with Crippen LogP contribution in [0.2, 0.25) is 5.02 Å². The highest BCUT2D eigenvalue weighted by atomic mass is 35.5. The average Bonchev–Trinajstić information content (AvgIpc) is 3.24. The molecule has 2 aromatic carbocycles. The molecular formula is C25H26ClN5O2S. The summed E-state index contributed by atoms with van der Waals surface area (Å²) >= 11 is 6.17. The minimum atomic E-state index is -3.66. The van der Waals surface area contributed by atoms with Gasteiger partial charge in [-0.05, 0) is 70.5 Å². The Morgan fingerprint density at radius 1 is 0.941 bits per heavy atom. The lowest BCUT2D eigenvalue weighted by Crippen LogP contribution is -2.40. The number of aryl methyl sites for hydroxylation is 2. The first-order chi connectivity index (χ1) is 15.9. The highest BCUT2D eigenvalue weighted by molar-refractivity contribution is 7.89. The zero-order chi connectivity index (χ0) is 24.7. The zero-order valence-corrected chi connectivity index (χ0v) is 21.2. The van der Waals surface area contributed by atoms with Gasteiger partial charge in [-0.25, -0.2) is 28.1 Å². The van der Waals surface area contributed by atoms with Gasteiger partial charge in [-0.1, -0.05) is 29.8 Å². The van der Waals surface area contributed by atoms with Crippen LogP contribution in [0.4, 0.5) is 0 Å². The predicted octanol–water partition coefficient (Wildman–Crippen LogP) is 5.34. The molecule has 9 heteroatoms. The molecule has 0 atom stereocenters. The van der Waals surface area contributed by atoms with E-state index >= 15 is 0 Å². The quantitative estimate of drug-likeness (QED) is 0.403. The molecule has 0 spiro atoms. The van der Waals surface area contributed by atoms with Gasteiger partial charge in [0.05, 0.1) is 16.3 Å². The summed E-state index contributed by atoms with van der Waals surface area (Å²) in [4.78, 5) is 13.9. The van der Waals surface area contributed by atoms with Crippen molar-refractivity contribution in [2.45, 2.75) is 45.1 Å². The maximum absolute atomic E-state index is 12.7. The molecule has 7 nitrogen and oxygen atoms in total. The largest absolute Gasteiger partial charge is 0.274 e. The molecule has 0 bridgehead atoms. The van der Waals surface area contributed by atoms with Crippen LogP contribution in [0.15, 0.2) is 66.0 Å². The number of nitrogens with zero attached hydrogens (tertiary/aromatic N) is 4. The van der Waals surface area contributed by atoms with Crippen LogP contribution in [-0.4, -0.2) is 33.5 Å². The molecule has 4 aromatic rings. The second-order valence-corrected chi connectivity index (χ2v) is 11.3. The van der Waals surface area contributed by atoms with E-state index in [1.54, 1.807) is 56.1 Å². The summed E-state index contributed by atoms with van der Waals surface area (Å²) in [7, 11) is -3.66. The number of halogens is 1. The number of benzene rings is 2. The second-order valence-electron chi connectivity index (χ2n) is 9.21. The van der Waals surface area contributed by atoms with E-state index < -0.39 is 15.6 Å². The van der Waals surface area contributed by atoms with Gasteiger partial charge in [-0.2, -0.15) is 0 Å². The normalized spacial score (nSPS) is 12.2. The van der Waals surface area contributed by atoms with Crippen LogP contribution in [0.25, 0.3) is 28.5 Å². The standard InChI is InChI=1S/C25H26ClN5O2S/c1-16-11-19(9-10-21(16)26)22-12-17(2)28-24(29-22)31-14-23(27-15-31)18-7-6-8-20(13-18)34(32,33)30-25(3,4)5/h6-15,30H,1-5H3. The fourth-order valence-corrected chi connectivity index (χ4v) is 5.07. The predicted molar refractivity (Wildman–Crippen MR) is 135 cm³/mol. The Balaban J connectivity index is 1.68. The monoisotopic (exact) mass is 495 g/mol. The molecule has 0 unspecified atom stereocenters. The Labute approximate surface area is 204 Å². The Bertz CT molecular complexity index is 1470. The highest BCUT2D eigenvalue weighted by Crippen LogP contribution is 2.26. The molecule has 0 amide bonds. The van der Waals surface area contributed by atoms with E-state index in [2.05, 4.69) is 14.7 Å². The van der Waals surface area contributed by atoms with E-state index in [0.29, 0.717) is 22.2 Å². The summed E-state index contributed by atoms with van der Waals surface area (Å²) in [5.74, 6) is 0.472. The zero-order valence-electron chi connectivity index (χ0n) is 19.7. The van der Waals surface area contributed by atoms with E-state index in [1.165, 1.54) is 0 Å². The number of hydrogen-bond acceptors (Lipinski definition) is 5. The molecule has 4 rings (SSSR count). The lowest BCUT2D eigenvalue weighted by molar-refractivity contribution is 0.491. The minimum absolute atomic E-state index is 0.182. The first kappa shape index (κ1) is 24.1. The molecule has 0 fully saturated rings. The lowest BCUT2D eigenvalue weighted by atomic mass is 10.1. The molecule has 176 valence electrons. The van der Waals surface area contributed by atoms with Crippen LogP contribution in [0.1, 0.15) is 32.0 Å². The molecule has 0 aliphatic rings. The Morgan fingerprint density at radius 3 is 2.38 bits per heavy atom. The third-order valence-electron chi connectivity index (χ3n) is 4.99. The molecule has 0 radical (unpaired) electrons. The fourth-order valence-electron chi connectivity index (χ4n) is 3.49. The SMILES string of the molecule is Cc1cc(-c2ccc(Cl)c(C)c2)nc(-n2cnc(-c3cccc(S(=O)(=O)NC(C)(C)C)c3)c2)n1. The van der Waals surface area contributed by atoms with Gasteiger partial charge in [0.1, 0.15) is 6.33 Å². The Kier molecular flexibility index (Phi) is 6.33. The van der Waals surface area contributed by atoms with Gasteiger partial charge in [0.2, 0.25) is 16.0 Å². The number of rotatable bonds is 5. The van der Waals surface area contributed by atoms with Crippen molar-refractivity contribution in [2.75, 3.05) is 0 Å². The number of nitrogens with one attached hydrogen (secondary N) is 1. The van der Waals surface area contributed by atoms with Crippen LogP contribution in [0.5, 0.6) is 0 Å². The van der Waals surface area contributed by atoms with Gasteiger partial charge in [-0.15, -0.1) is 0 Å². The van der Waals surface area contributed by atoms with Crippen molar-refractivity contribution in [1.82, 2.24) is 24.2 Å². The van der Waals surface area contributed by atoms with E-state index in [0.717, 1.165) is 22.5 Å². The van der Waals surface area contributed by atoms with Crippen LogP contribution < -0.4 is 4.72 Å². The number of hydrogen-bond donors (Lipinski definition) is 1. The number of imidazole rings is 1. The van der Waals surface area contributed by atoms with Gasteiger partial charge < -0.3 is 0 Å². The summed E-state index contributed by atoms with van der Waals surface area (Å²) in [5, 5.41) is 0.705. The first-order valence-electron chi connectivity index (χ1n) is 10.7. The number of aromatic nitrogens is 4. The smallest absolute Gasteiger partial charge is 0.241 e. The van der Waals surface area contributed by atoms with Gasteiger partial charge in [0, 0.05) is 33.6 Å². The van der Waals surface area contributed by atoms with Crippen molar-refractivity contribution >= 4 is 21.6 Å². The summed E-state index contributed by atoms with van der Waals surface area (Å²) in [6, 6.07) is 14.4. The van der Waals surface area contributed by atoms with E-state index in [9.17, 15) is 8.42 Å². The topological polar surface area (TPSA) is 89.8 Å². The van der Waals surface area contributed by atoms with Gasteiger partial charge in [0.15, 0.2) is 0 Å². The van der Waals surface area contributed by atoms with Crippen molar-refractivity contribution in [2.24, 2.45) is 0 Å². The van der Waals surface area contributed by atoms with E-state index in [4.69, 9.17) is 16.6 Å². The summed E-state index contributed by atoms with van der Waals surface area (Å²) in [5.41, 5.74) is 4.21. The van der Waals surface area contributed by atoms with Crippen molar-refractivity contribution in [3.63, 3.8) is 0 Å². The number of sulfonamides is 1. The van der Waals surface area contributed by atoms with Crippen molar-refractivity contribution in [3.05, 3.63) is 77.3 Å². The van der Waals surface area contributed by atoms with Gasteiger partial charge >= 0.3 is 0 Å². The molecule has 1 N–H and O–H groups in total. The van der Waals surface area contributed by atoms with E-state index in [1.807, 2.05) is 44.2 Å². The third kappa shape index (κ3) is 5.35. The molecule has 2 heterocycles. The van der Waals surface area contributed by atoms with Crippen LogP contribution in [0.3, 0.4) is 0 Å². The molecule has 2 aromatic heterocycles. The maximum Gasteiger partial charge on any atom is 0.241 e. The Hall–Kier alpha value is -3.07. The minimum Gasteiger partial charge on any atom is -0.274 e. The lowest BCUT2D eigenvalue weighted by Gasteiger charge is -2.20. The highest BCUT2D eigenvalue weighted by Gasteiger charge is 2.22. The maximum atomic E-state index is 12.7. The van der Waals surface area contributed by atoms with Crippen LogP contribution in [-0.2, 0) is 10.0 Å². The molecule has 0 aliphatic heterocycles. The molecule has 34 heavy (non-hydrogen) atoms. The molecule has 0 saturated carbocycles. The van der Waals surface area contributed by atoms with Gasteiger partial charge in [0.25, 0.3) is 0 Å². The van der Waals surface area contributed by atoms with Crippen molar-refractivity contribution in [3.8, 4) is 28.5 Å². The van der Waals surface area contributed by atoms with Crippen LogP contribution in [0, 0.1) is 13.8 Å². The summed E-state index contributed by atoms with van der Waals surface area (Å²) < 4.78 is 29.9. The van der Waals surface area contributed by atoms with E-state index in [-0.39, 0.29) is 4.90 Å². The average molecular weight is 496 g/mol. The van der Waals surface area contributed by atoms with Crippen molar-refractivity contribution < 1.29 is 8.42 Å². The Morgan fingerprint density at radius 2 is 1.68 bits per heavy atom. The van der Waals surface area contributed by atoms with Crippen LogP contribution >= 0.6 is 11.6 Å². The molecule has 0 saturated heterocycles. The van der Waals surface area contributed by atoms with Gasteiger partial charge in [-0.3, -0.25) is 4.57 Å². The fraction of sp³-hybridized carbons (Fsp3) is 0.240. The second kappa shape index (κ2) is 8.94. The third-order valence-corrected chi connectivity index (χ3v) is 7.17. The van der Waals surface area contributed by atoms with Crippen molar-refractivity contribution in [1.29, 1.82) is 0 Å². The molecular weight excluding hydrogens is 470 g/mol. The molecule has 0 aliphatic carbocycles. The first-order valence-corrected chi connectivity index (χ1v) is 12.6.